The fraction of sp³-hybridized carbons (Fsp3) is 0.500. The van der Waals surface area contributed by atoms with E-state index in [1.54, 1.807) is 7.05 Å². The quantitative estimate of drug-likeness (QED) is 0.610. The number of hydrogen-bond acceptors (Lipinski definition) is 3. The van der Waals surface area contributed by atoms with Crippen LogP contribution in [0.3, 0.4) is 0 Å². The van der Waals surface area contributed by atoms with E-state index in [-0.39, 0.29) is 6.04 Å². The number of nitrogens with two attached hydrogens (primary N) is 1. The van der Waals surface area contributed by atoms with E-state index in [0.29, 0.717) is 19.2 Å². The van der Waals surface area contributed by atoms with Crippen molar-refractivity contribution in [3.05, 3.63) is 23.8 Å². The Morgan fingerprint density at radius 3 is 2.47 bits per heavy atom. The van der Waals surface area contributed by atoms with Gasteiger partial charge in [-0.25, -0.2) is 0 Å². The maximum absolute atomic E-state index is 5.67. The third-order valence-corrected chi connectivity index (χ3v) is 2.67. The van der Waals surface area contributed by atoms with Crippen molar-refractivity contribution in [3.8, 4) is 11.5 Å². The van der Waals surface area contributed by atoms with Gasteiger partial charge in [0, 0.05) is 7.05 Å². The van der Waals surface area contributed by atoms with Crippen molar-refractivity contribution >= 4 is 5.96 Å². The molecule has 19 heavy (non-hydrogen) atoms. The monoisotopic (exact) mass is 265 g/mol. The average molecular weight is 265 g/mol. The summed E-state index contributed by atoms with van der Waals surface area (Å²) >= 11 is 0. The van der Waals surface area contributed by atoms with Gasteiger partial charge in [0.05, 0.1) is 19.3 Å². The lowest BCUT2D eigenvalue weighted by Gasteiger charge is -2.17. The summed E-state index contributed by atoms with van der Waals surface area (Å²) < 4.78 is 11.1. The number of aliphatic imine (C=N–C) groups is 1. The van der Waals surface area contributed by atoms with Crippen LogP contribution in [-0.4, -0.2) is 26.2 Å². The molecule has 0 aliphatic carbocycles. The number of guanidine groups is 1. The van der Waals surface area contributed by atoms with E-state index in [2.05, 4.69) is 10.3 Å². The van der Waals surface area contributed by atoms with Crippen LogP contribution in [-0.2, 0) is 0 Å². The predicted molar refractivity (Wildman–Crippen MR) is 77.9 cm³/mol. The van der Waals surface area contributed by atoms with Crippen LogP contribution in [0.4, 0.5) is 0 Å². The van der Waals surface area contributed by atoms with Gasteiger partial charge in [-0.2, -0.15) is 0 Å². The van der Waals surface area contributed by atoms with Gasteiger partial charge in [-0.1, -0.05) is 6.07 Å². The lowest BCUT2D eigenvalue weighted by Crippen LogP contribution is -2.33. The molecule has 1 unspecified atom stereocenters. The van der Waals surface area contributed by atoms with E-state index in [1.165, 1.54) is 0 Å². The Kier molecular flexibility index (Phi) is 5.99. The van der Waals surface area contributed by atoms with Crippen LogP contribution in [0.1, 0.15) is 32.4 Å². The van der Waals surface area contributed by atoms with Crippen LogP contribution >= 0.6 is 0 Å². The molecule has 3 N–H and O–H groups in total. The lowest BCUT2D eigenvalue weighted by molar-refractivity contribution is 0.287. The zero-order valence-electron chi connectivity index (χ0n) is 12.1. The molecule has 0 aliphatic heterocycles. The van der Waals surface area contributed by atoms with Crippen LogP contribution in [0.5, 0.6) is 11.5 Å². The predicted octanol–water partition coefficient (Wildman–Crippen LogP) is 2.08. The van der Waals surface area contributed by atoms with Gasteiger partial charge < -0.3 is 20.5 Å². The molecular formula is C14H23N3O2. The second-order valence-electron chi connectivity index (χ2n) is 4.05. The first-order chi connectivity index (χ1) is 9.12. The largest absolute Gasteiger partial charge is 0.490 e. The van der Waals surface area contributed by atoms with Gasteiger partial charge in [0.25, 0.3) is 0 Å². The third kappa shape index (κ3) is 4.35. The van der Waals surface area contributed by atoms with E-state index in [9.17, 15) is 0 Å². The minimum Gasteiger partial charge on any atom is -0.490 e. The van der Waals surface area contributed by atoms with Gasteiger partial charge in [0.15, 0.2) is 17.5 Å². The molecule has 5 nitrogen and oxygen atoms in total. The summed E-state index contributed by atoms with van der Waals surface area (Å²) in [6.45, 7) is 7.13. The van der Waals surface area contributed by atoms with Crippen molar-refractivity contribution in [2.24, 2.45) is 10.7 Å². The zero-order valence-corrected chi connectivity index (χ0v) is 12.1. The van der Waals surface area contributed by atoms with Gasteiger partial charge in [0.2, 0.25) is 0 Å². The summed E-state index contributed by atoms with van der Waals surface area (Å²) in [6, 6.07) is 5.93. The van der Waals surface area contributed by atoms with E-state index < -0.39 is 0 Å². The molecule has 5 heteroatoms. The number of rotatable bonds is 6. The van der Waals surface area contributed by atoms with Crippen molar-refractivity contribution in [1.29, 1.82) is 0 Å². The van der Waals surface area contributed by atoms with Gasteiger partial charge >= 0.3 is 0 Å². The Hall–Kier alpha value is -1.91. The van der Waals surface area contributed by atoms with E-state index in [4.69, 9.17) is 15.2 Å². The molecule has 0 amide bonds. The van der Waals surface area contributed by atoms with Crippen LogP contribution < -0.4 is 20.5 Å². The number of nitrogens with one attached hydrogen (secondary N) is 1. The molecule has 106 valence electrons. The van der Waals surface area contributed by atoms with Crippen LogP contribution in [0.2, 0.25) is 0 Å². The van der Waals surface area contributed by atoms with Gasteiger partial charge in [-0.05, 0) is 38.5 Å². The van der Waals surface area contributed by atoms with Crippen LogP contribution in [0, 0.1) is 0 Å². The van der Waals surface area contributed by atoms with Gasteiger partial charge in [-0.15, -0.1) is 0 Å². The zero-order chi connectivity index (χ0) is 14.3. The summed E-state index contributed by atoms with van der Waals surface area (Å²) in [7, 11) is 1.65. The molecule has 0 aliphatic rings. The third-order valence-electron chi connectivity index (χ3n) is 2.67. The first kappa shape index (κ1) is 15.1. The highest BCUT2D eigenvalue weighted by molar-refractivity contribution is 5.78. The molecule has 0 fully saturated rings. The summed E-state index contributed by atoms with van der Waals surface area (Å²) in [5.41, 5.74) is 6.74. The normalized spacial score (nSPS) is 12.9. The average Bonchev–Trinajstić information content (AvgIpc) is 2.41. The fourth-order valence-electron chi connectivity index (χ4n) is 1.71. The smallest absolute Gasteiger partial charge is 0.188 e. The van der Waals surface area contributed by atoms with E-state index in [0.717, 1.165) is 17.1 Å². The first-order valence-electron chi connectivity index (χ1n) is 6.50. The minimum atomic E-state index is 0.0542. The Morgan fingerprint density at radius 1 is 1.26 bits per heavy atom. The molecular weight excluding hydrogens is 242 g/mol. The highest BCUT2D eigenvalue weighted by Gasteiger charge is 2.11. The van der Waals surface area contributed by atoms with Crippen molar-refractivity contribution in [2.75, 3.05) is 20.3 Å². The summed E-state index contributed by atoms with van der Waals surface area (Å²) in [5, 5.41) is 3.10. The summed E-state index contributed by atoms with van der Waals surface area (Å²) in [6.07, 6.45) is 0. The van der Waals surface area contributed by atoms with Gasteiger partial charge in [0.1, 0.15) is 0 Å². The molecule has 0 aromatic heterocycles. The molecule has 1 aromatic rings. The Balaban J connectivity index is 2.93. The highest BCUT2D eigenvalue weighted by Crippen LogP contribution is 2.30. The fourth-order valence-corrected chi connectivity index (χ4v) is 1.71. The summed E-state index contributed by atoms with van der Waals surface area (Å²) in [5.74, 6) is 1.93. The standard InChI is InChI=1S/C14H23N3O2/c1-5-18-12-8-7-11(9-13(12)19-6-2)10(3)17-14(15)16-4/h7-10H,5-6H2,1-4H3,(H3,15,16,17). The molecule has 0 saturated heterocycles. The summed E-state index contributed by atoms with van der Waals surface area (Å²) in [4.78, 5) is 3.89. The number of nitrogens with zero attached hydrogens (tertiary/aromatic N) is 1. The maximum Gasteiger partial charge on any atom is 0.188 e. The maximum atomic E-state index is 5.67. The van der Waals surface area contributed by atoms with Crippen LogP contribution in [0.25, 0.3) is 0 Å². The highest BCUT2D eigenvalue weighted by atomic mass is 16.5. The van der Waals surface area contributed by atoms with Gasteiger partial charge in [-0.3, -0.25) is 4.99 Å². The molecule has 1 aromatic carbocycles. The lowest BCUT2D eigenvalue weighted by atomic mass is 10.1. The SMILES string of the molecule is CCOc1ccc(C(C)NC(N)=NC)cc1OCC. The first-order valence-corrected chi connectivity index (χ1v) is 6.50. The molecule has 0 heterocycles. The van der Waals surface area contributed by atoms with Crippen molar-refractivity contribution in [3.63, 3.8) is 0 Å². The molecule has 0 spiro atoms. The van der Waals surface area contributed by atoms with Crippen LogP contribution in [0.15, 0.2) is 23.2 Å². The number of hydrogen-bond donors (Lipinski definition) is 2. The van der Waals surface area contributed by atoms with Crippen molar-refractivity contribution < 1.29 is 9.47 Å². The van der Waals surface area contributed by atoms with E-state index >= 15 is 0 Å². The molecule has 1 rings (SSSR count). The minimum absolute atomic E-state index is 0.0542. The molecule has 1 atom stereocenters. The Labute approximate surface area is 114 Å². The topological polar surface area (TPSA) is 68.9 Å². The molecule has 0 radical (unpaired) electrons. The van der Waals surface area contributed by atoms with Crippen molar-refractivity contribution in [1.82, 2.24) is 5.32 Å². The molecule has 0 saturated carbocycles. The second-order valence-corrected chi connectivity index (χ2v) is 4.05. The molecule has 0 bridgehead atoms. The number of benzene rings is 1. The Morgan fingerprint density at radius 2 is 1.89 bits per heavy atom. The Bertz CT molecular complexity index is 433. The second kappa shape index (κ2) is 7.51. The number of ether oxygens (including phenoxy) is 2. The van der Waals surface area contributed by atoms with E-state index in [1.807, 2.05) is 39.0 Å². The van der Waals surface area contributed by atoms with Crippen molar-refractivity contribution in [2.45, 2.75) is 26.8 Å².